The molecule has 0 aliphatic heterocycles. The van der Waals surface area contributed by atoms with Crippen molar-refractivity contribution in [2.45, 2.75) is 192 Å². The maximum Gasteiger partial charge on any atom is 0.219 e. The Morgan fingerprint density at radius 1 is 0.392 bits per heavy atom. The first-order valence-electron chi connectivity index (χ1n) is 28.0. The summed E-state index contributed by atoms with van der Waals surface area (Å²) in [5.74, 6) is 0.495. The minimum absolute atomic E-state index is 0. The lowest BCUT2D eigenvalue weighted by molar-refractivity contribution is -0.732. The zero-order valence-electron chi connectivity index (χ0n) is 54.1. The van der Waals surface area contributed by atoms with Crippen LogP contribution in [-0.4, -0.2) is 89.8 Å². The van der Waals surface area contributed by atoms with Gasteiger partial charge < -0.3 is 32.9 Å². The maximum absolute atomic E-state index is 12.1. The Kier molecular flexibility index (Phi) is 72.8. The Balaban J connectivity index is -0.000000133. The summed E-state index contributed by atoms with van der Waals surface area (Å²) in [6.45, 7) is 29.6. The normalized spacial score (nSPS) is 11.4. The molecule has 0 radical (unpaired) electrons. The number of hydrogen-bond acceptors (Lipinski definition) is 8. The van der Waals surface area contributed by atoms with Gasteiger partial charge in [-0.1, -0.05) is 218 Å². The van der Waals surface area contributed by atoms with Gasteiger partial charge in [0, 0.05) is 109 Å². The molecule has 4 N–H and O–H groups in total. The van der Waals surface area contributed by atoms with Crippen LogP contribution in [0.1, 0.15) is 210 Å². The Labute approximate surface area is 677 Å². The van der Waals surface area contributed by atoms with E-state index in [9.17, 15) is 28.8 Å². The molecule has 0 heterocycles. The fraction of sp³-hybridized carbons (Fsp3) is 0.425. The molecule has 0 aromatic heterocycles. The average Bonchev–Trinajstić information content (AvgIpc) is 0.962. The quantitative estimate of drug-likeness (QED) is 0.0681. The number of rotatable bonds is 15. The van der Waals surface area contributed by atoms with Crippen molar-refractivity contribution in [3.8, 4) is 0 Å². The number of quaternary nitrogens is 1. The molecular formula is C73H104Br5Cl10N3O6. The first-order valence-corrected chi connectivity index (χ1v) is 38.0. The highest BCUT2D eigenvalue weighted by atomic mass is 80.9. The zero-order chi connectivity index (χ0) is 71.0. The van der Waals surface area contributed by atoms with E-state index >= 15 is 0 Å². The third-order valence-corrected chi connectivity index (χ3v) is 13.2. The number of nitrogens with two attached hydrogens (primary N) is 1. The van der Waals surface area contributed by atoms with Crippen molar-refractivity contribution in [2.75, 3.05) is 10.7 Å². The van der Waals surface area contributed by atoms with Crippen LogP contribution in [0.5, 0.6) is 0 Å². The summed E-state index contributed by atoms with van der Waals surface area (Å²) in [4.78, 5) is 69.8. The molecule has 5 unspecified atom stereocenters. The molecular weight excluding hydrogens is 1770 g/mol. The Morgan fingerprint density at radius 3 is 0.773 bits per heavy atom. The van der Waals surface area contributed by atoms with Crippen LogP contribution in [0.4, 0.5) is 0 Å². The van der Waals surface area contributed by atoms with Gasteiger partial charge in [-0.05, 0) is 170 Å². The maximum atomic E-state index is 12.1. The monoisotopic (exact) mass is 1860 g/mol. The number of nitrogens with one attached hydrogen (secondary N) is 2. The molecule has 552 valence electrons. The van der Waals surface area contributed by atoms with Gasteiger partial charge in [0.05, 0.1) is 38.0 Å². The predicted molar refractivity (Wildman–Crippen MR) is 442 cm³/mol. The van der Waals surface area contributed by atoms with Crippen LogP contribution in [0.2, 0.25) is 30.1 Å². The standard InChI is InChI=1S/3C13H18ClNO.2C9H8BrClO.C9H9ClO.2CH2Cl2.5CH4.Br2.BrH/c3*1-9(15-13(2,3)4)12(16)10-6-5-7-11(14)8-10;2*1-6(10)9(12)7-3-2-4-8(11)5-7;1-2-9(11)7-4-3-5-8(10)6-7;2*2-1-3;;;;;;1-2;/h3*5-9,15H,1-4H3;2*2-6H,1H3;3-6H,2H2,1H3;2*1H2;5*1H4;;1H. The van der Waals surface area contributed by atoms with Crippen LogP contribution in [0.3, 0.4) is 0 Å². The molecule has 0 aliphatic carbocycles. The van der Waals surface area contributed by atoms with Crippen molar-refractivity contribution >= 4 is 211 Å². The van der Waals surface area contributed by atoms with Crippen LogP contribution < -0.4 is 32.9 Å². The topological polar surface area (TPSA) is 143 Å². The van der Waals surface area contributed by atoms with Crippen LogP contribution in [-0.2, 0) is 0 Å². The molecule has 9 nitrogen and oxygen atoms in total. The zero-order valence-corrected chi connectivity index (χ0v) is 69.6. The Bertz CT molecular complexity index is 2880. The minimum atomic E-state index is -0.210. The summed E-state index contributed by atoms with van der Waals surface area (Å²) >= 11 is 65.7. The van der Waals surface area contributed by atoms with Crippen LogP contribution in [0.25, 0.3) is 0 Å². The molecule has 0 bridgehead atoms. The van der Waals surface area contributed by atoms with E-state index in [0.29, 0.717) is 69.9 Å². The van der Waals surface area contributed by atoms with E-state index in [1.807, 2.05) is 69.2 Å². The van der Waals surface area contributed by atoms with Crippen molar-refractivity contribution < 1.29 is 51.1 Å². The van der Waals surface area contributed by atoms with Gasteiger partial charge in [0.25, 0.3) is 0 Å². The van der Waals surface area contributed by atoms with Gasteiger partial charge in [-0.3, -0.25) is 28.8 Å². The molecule has 0 spiro atoms. The molecule has 5 atom stereocenters. The third-order valence-electron chi connectivity index (χ3n) is 11.0. The first-order chi connectivity index (χ1) is 42.2. The van der Waals surface area contributed by atoms with Crippen molar-refractivity contribution in [1.29, 1.82) is 0 Å². The van der Waals surface area contributed by atoms with E-state index < -0.39 is 0 Å². The van der Waals surface area contributed by atoms with E-state index in [1.165, 1.54) is 0 Å². The average molecular weight is 1870 g/mol. The number of hydrogen-bond donors (Lipinski definition) is 3. The molecule has 0 saturated heterocycles. The van der Waals surface area contributed by atoms with Gasteiger partial charge >= 0.3 is 0 Å². The Hall–Kier alpha value is -1.48. The molecule has 6 aromatic carbocycles. The van der Waals surface area contributed by atoms with E-state index in [4.69, 9.17) is 116 Å². The van der Waals surface area contributed by atoms with Crippen molar-refractivity contribution in [2.24, 2.45) is 0 Å². The summed E-state index contributed by atoms with van der Waals surface area (Å²) in [6, 6.07) is 41.6. The number of carbonyl (C=O) groups excluding carboxylic acids is 6. The fourth-order valence-corrected chi connectivity index (χ4v) is 9.22. The number of Topliss-reactive ketones (excluding diaryl/α,β-unsaturated/α-hetero) is 6. The number of halogens is 15. The lowest BCUT2D eigenvalue weighted by atomic mass is 10.0. The first kappa shape index (κ1) is 114. The smallest absolute Gasteiger partial charge is 0.219 e. The molecule has 0 fully saturated rings. The lowest BCUT2D eigenvalue weighted by Gasteiger charge is -2.25. The minimum Gasteiger partial charge on any atom is -1.00 e. The Morgan fingerprint density at radius 2 is 0.588 bits per heavy atom. The van der Waals surface area contributed by atoms with Crippen molar-refractivity contribution in [3.05, 3.63) is 209 Å². The van der Waals surface area contributed by atoms with E-state index in [0.717, 1.165) is 0 Å². The summed E-state index contributed by atoms with van der Waals surface area (Å²) < 4.78 is 0. The molecule has 6 aromatic rings. The summed E-state index contributed by atoms with van der Waals surface area (Å²) in [7, 11) is 0. The fourth-order valence-electron chi connectivity index (χ4n) is 7.55. The predicted octanol–water partition coefficient (Wildman–Crippen LogP) is 23.1. The van der Waals surface area contributed by atoms with Gasteiger partial charge in [-0.25, -0.2) is 0 Å². The van der Waals surface area contributed by atoms with E-state index in [2.05, 4.69) is 96.8 Å². The lowest BCUT2D eigenvalue weighted by Crippen LogP contribution is -3.00. The van der Waals surface area contributed by atoms with Gasteiger partial charge in [0.2, 0.25) is 5.78 Å². The molecule has 6 rings (SSSR count). The van der Waals surface area contributed by atoms with Crippen LogP contribution >= 0.6 is 176 Å². The highest BCUT2D eigenvalue weighted by Crippen LogP contribution is 2.19. The second-order valence-electron chi connectivity index (χ2n) is 22.6. The number of benzene rings is 6. The molecule has 24 heteroatoms. The van der Waals surface area contributed by atoms with Crippen LogP contribution in [0, 0.1) is 0 Å². The molecule has 0 saturated carbocycles. The van der Waals surface area contributed by atoms with Crippen molar-refractivity contribution in [1.82, 2.24) is 10.6 Å². The largest absolute Gasteiger partial charge is 1.00 e. The summed E-state index contributed by atoms with van der Waals surface area (Å²) in [5, 5.41) is 12.5. The second kappa shape index (κ2) is 61.9. The van der Waals surface area contributed by atoms with E-state index in [-0.39, 0.29) is 144 Å². The molecule has 97 heavy (non-hydrogen) atoms. The van der Waals surface area contributed by atoms with Crippen molar-refractivity contribution in [3.63, 3.8) is 0 Å². The summed E-state index contributed by atoms with van der Waals surface area (Å²) in [5.41, 5.74) is 3.86. The van der Waals surface area contributed by atoms with Gasteiger partial charge in [0.1, 0.15) is 6.04 Å². The highest BCUT2D eigenvalue weighted by molar-refractivity contribution is 9.93. The molecule has 0 amide bonds. The van der Waals surface area contributed by atoms with Gasteiger partial charge in [-0.2, -0.15) is 0 Å². The van der Waals surface area contributed by atoms with Gasteiger partial charge in [0.15, 0.2) is 28.9 Å². The van der Waals surface area contributed by atoms with Gasteiger partial charge in [-0.15, -0.1) is 46.4 Å². The molecule has 0 aliphatic rings. The second-order valence-corrected chi connectivity index (χ2v) is 29.6. The summed E-state index contributed by atoms with van der Waals surface area (Å²) in [6.07, 6.45) is 0.528. The third kappa shape index (κ3) is 56.6. The van der Waals surface area contributed by atoms with Crippen LogP contribution in [0.15, 0.2) is 146 Å². The number of ketones is 6. The number of carbonyl (C=O) groups is 6. The SMILES string of the molecule is BrBr.C.C.C.C.C.CC(Br)C(=O)c1cccc(Cl)c1.CC(Br)C(=O)c1cccc(Cl)c1.CC(NC(C)(C)C)C(=O)c1cccc(Cl)c1.CC(NC(C)(C)C)C(=O)c1cccc(Cl)c1.CC([NH2+]C(C)(C)C)C(=O)c1cccc(Cl)c1.CCC(=O)c1cccc(Cl)c1.ClCCl.ClCCl.[Br-]. The van der Waals surface area contributed by atoms with E-state index in [1.54, 1.807) is 159 Å². The number of alkyl halides is 6. The highest BCUT2D eigenvalue weighted by Gasteiger charge is 2.25.